The summed E-state index contributed by atoms with van der Waals surface area (Å²) in [6.07, 6.45) is 0. The molecule has 0 saturated carbocycles. The van der Waals surface area contributed by atoms with Crippen LogP contribution in [-0.4, -0.2) is 17.1 Å². The molecule has 4 nitrogen and oxygen atoms in total. The van der Waals surface area contributed by atoms with E-state index >= 15 is 0 Å². The van der Waals surface area contributed by atoms with Crippen molar-refractivity contribution in [1.29, 1.82) is 0 Å². The van der Waals surface area contributed by atoms with Crippen molar-refractivity contribution in [1.82, 2.24) is 9.97 Å². The van der Waals surface area contributed by atoms with Gasteiger partial charge in [-0.3, -0.25) is 4.79 Å². The molecular weight excluding hydrogens is 260 g/mol. The van der Waals surface area contributed by atoms with Gasteiger partial charge in [-0.2, -0.15) is 0 Å². The highest BCUT2D eigenvalue weighted by Gasteiger charge is 2.11. The predicted molar refractivity (Wildman–Crippen MR) is 77.0 cm³/mol. The van der Waals surface area contributed by atoms with E-state index in [1.54, 1.807) is 7.11 Å². The number of hydrogen-bond donors (Lipinski definition) is 1. The van der Waals surface area contributed by atoms with E-state index in [1.165, 1.54) is 11.3 Å². The van der Waals surface area contributed by atoms with Crippen LogP contribution in [0.1, 0.15) is 4.88 Å². The normalized spacial score (nSPS) is 10.8. The van der Waals surface area contributed by atoms with Crippen LogP contribution >= 0.6 is 11.3 Å². The standard InChI is InChI=1S/C14H12N2O2S/c1-8-7-10-13(17)15-12(16-14(10)19-8)9-5-3-4-6-11(9)18-2/h3-7H,1-2H3,(H,15,16,17). The smallest absolute Gasteiger partial charge is 0.259 e. The van der Waals surface area contributed by atoms with E-state index in [4.69, 9.17) is 4.74 Å². The number of aromatic nitrogens is 2. The summed E-state index contributed by atoms with van der Waals surface area (Å²) in [5.74, 6) is 1.23. The highest BCUT2D eigenvalue weighted by molar-refractivity contribution is 7.18. The summed E-state index contributed by atoms with van der Waals surface area (Å²) in [5, 5.41) is 0.640. The zero-order valence-electron chi connectivity index (χ0n) is 10.6. The fourth-order valence-corrected chi connectivity index (χ4v) is 2.90. The molecule has 19 heavy (non-hydrogen) atoms. The number of rotatable bonds is 2. The van der Waals surface area contributed by atoms with Gasteiger partial charge in [0.05, 0.1) is 18.1 Å². The fourth-order valence-electron chi connectivity index (χ4n) is 2.02. The van der Waals surface area contributed by atoms with Gasteiger partial charge in [-0.25, -0.2) is 4.98 Å². The maximum absolute atomic E-state index is 12.1. The second-order valence-corrected chi connectivity index (χ2v) is 5.43. The largest absolute Gasteiger partial charge is 0.496 e. The summed E-state index contributed by atoms with van der Waals surface area (Å²) >= 11 is 1.52. The second-order valence-electron chi connectivity index (χ2n) is 4.19. The van der Waals surface area contributed by atoms with E-state index in [0.717, 1.165) is 15.3 Å². The third-order valence-corrected chi connectivity index (χ3v) is 3.83. The number of ether oxygens (including phenoxy) is 1. The van der Waals surface area contributed by atoms with E-state index in [1.807, 2.05) is 37.3 Å². The van der Waals surface area contributed by atoms with Crippen LogP contribution in [-0.2, 0) is 0 Å². The molecule has 0 spiro atoms. The Morgan fingerprint density at radius 2 is 2.11 bits per heavy atom. The zero-order chi connectivity index (χ0) is 13.4. The van der Waals surface area contributed by atoms with Crippen molar-refractivity contribution in [3.05, 3.63) is 45.6 Å². The molecule has 1 aromatic carbocycles. The lowest BCUT2D eigenvalue weighted by Gasteiger charge is -2.06. The van der Waals surface area contributed by atoms with E-state index < -0.39 is 0 Å². The number of hydrogen-bond acceptors (Lipinski definition) is 4. The summed E-state index contributed by atoms with van der Waals surface area (Å²) < 4.78 is 5.30. The van der Waals surface area contributed by atoms with E-state index in [2.05, 4.69) is 9.97 Å². The highest BCUT2D eigenvalue weighted by Crippen LogP contribution is 2.28. The number of fused-ring (bicyclic) bond motifs is 1. The first-order chi connectivity index (χ1) is 9.19. The Kier molecular flexibility index (Phi) is 2.83. The molecule has 0 saturated heterocycles. The van der Waals surface area contributed by atoms with Crippen molar-refractivity contribution in [3.8, 4) is 17.1 Å². The molecule has 0 aliphatic carbocycles. The van der Waals surface area contributed by atoms with Gasteiger partial charge in [0.15, 0.2) is 0 Å². The van der Waals surface area contributed by atoms with Gasteiger partial charge >= 0.3 is 0 Å². The lowest BCUT2D eigenvalue weighted by atomic mass is 10.2. The van der Waals surface area contributed by atoms with E-state index in [9.17, 15) is 4.79 Å². The number of para-hydroxylation sites is 1. The minimum Gasteiger partial charge on any atom is -0.496 e. The van der Waals surface area contributed by atoms with Crippen molar-refractivity contribution in [2.45, 2.75) is 6.92 Å². The molecule has 2 aromatic heterocycles. The van der Waals surface area contributed by atoms with Crippen LogP contribution in [0.25, 0.3) is 21.6 Å². The molecule has 0 aliphatic rings. The van der Waals surface area contributed by atoms with Gasteiger partial charge in [0.1, 0.15) is 16.4 Å². The third kappa shape index (κ3) is 2.02. The molecule has 0 unspecified atom stereocenters. The van der Waals surface area contributed by atoms with Crippen LogP contribution in [0.5, 0.6) is 5.75 Å². The predicted octanol–water partition coefficient (Wildman–Crippen LogP) is 2.97. The van der Waals surface area contributed by atoms with Crippen LogP contribution in [0.15, 0.2) is 35.1 Å². The maximum atomic E-state index is 12.1. The number of methoxy groups -OCH3 is 1. The van der Waals surface area contributed by atoms with Gasteiger partial charge in [-0.05, 0) is 25.1 Å². The first kappa shape index (κ1) is 11.9. The Bertz CT molecular complexity index is 805. The quantitative estimate of drug-likeness (QED) is 0.780. The van der Waals surface area contributed by atoms with Crippen LogP contribution < -0.4 is 10.3 Å². The first-order valence-electron chi connectivity index (χ1n) is 5.83. The Hall–Kier alpha value is -2.14. The summed E-state index contributed by atoms with van der Waals surface area (Å²) in [4.78, 5) is 21.2. The summed E-state index contributed by atoms with van der Waals surface area (Å²) in [6, 6.07) is 9.36. The molecule has 0 radical (unpaired) electrons. The molecule has 0 fully saturated rings. The van der Waals surface area contributed by atoms with Gasteiger partial charge in [0.2, 0.25) is 0 Å². The molecule has 3 rings (SSSR count). The molecular formula is C14H12N2O2S. The van der Waals surface area contributed by atoms with Gasteiger partial charge < -0.3 is 9.72 Å². The topological polar surface area (TPSA) is 55.0 Å². The molecule has 0 aliphatic heterocycles. The van der Waals surface area contributed by atoms with Crippen molar-refractivity contribution >= 4 is 21.6 Å². The van der Waals surface area contributed by atoms with Crippen LogP contribution in [0.3, 0.4) is 0 Å². The molecule has 1 N–H and O–H groups in total. The molecule has 0 atom stereocenters. The molecule has 0 amide bonds. The third-order valence-electron chi connectivity index (χ3n) is 2.89. The highest BCUT2D eigenvalue weighted by atomic mass is 32.1. The van der Waals surface area contributed by atoms with Crippen LogP contribution in [0.4, 0.5) is 0 Å². The monoisotopic (exact) mass is 272 g/mol. The van der Waals surface area contributed by atoms with Crippen molar-refractivity contribution in [2.75, 3.05) is 7.11 Å². The van der Waals surface area contributed by atoms with Gasteiger partial charge in [0, 0.05) is 4.88 Å². The van der Waals surface area contributed by atoms with Gasteiger partial charge in [0.25, 0.3) is 5.56 Å². The SMILES string of the molecule is COc1ccccc1-c1nc2sc(C)cc2c(=O)[nH]1. The maximum Gasteiger partial charge on any atom is 0.259 e. The van der Waals surface area contributed by atoms with Crippen molar-refractivity contribution in [3.63, 3.8) is 0 Å². The Morgan fingerprint density at radius 3 is 2.89 bits per heavy atom. The Balaban J connectivity index is 2.28. The average Bonchev–Trinajstić information content (AvgIpc) is 2.79. The summed E-state index contributed by atoms with van der Waals surface area (Å²) in [6.45, 7) is 1.97. The zero-order valence-corrected chi connectivity index (χ0v) is 11.4. The number of H-pyrrole nitrogens is 1. The lowest BCUT2D eigenvalue weighted by molar-refractivity contribution is 0.416. The number of benzene rings is 1. The minimum absolute atomic E-state index is 0.116. The Labute approximate surface area is 113 Å². The number of aryl methyl sites for hydroxylation is 1. The molecule has 0 bridgehead atoms. The average molecular weight is 272 g/mol. The van der Waals surface area contributed by atoms with E-state index in [-0.39, 0.29) is 5.56 Å². The first-order valence-corrected chi connectivity index (χ1v) is 6.64. The second kappa shape index (κ2) is 4.51. The summed E-state index contributed by atoms with van der Waals surface area (Å²) in [5.41, 5.74) is 0.672. The molecule has 2 heterocycles. The number of aromatic amines is 1. The lowest BCUT2D eigenvalue weighted by Crippen LogP contribution is -2.08. The van der Waals surface area contributed by atoms with Crippen LogP contribution in [0, 0.1) is 6.92 Å². The number of nitrogens with one attached hydrogen (secondary N) is 1. The van der Waals surface area contributed by atoms with Crippen LogP contribution in [0.2, 0.25) is 0 Å². The van der Waals surface area contributed by atoms with Crippen molar-refractivity contribution in [2.24, 2.45) is 0 Å². The fraction of sp³-hybridized carbons (Fsp3) is 0.143. The van der Waals surface area contributed by atoms with Gasteiger partial charge in [-0.15, -0.1) is 11.3 Å². The Morgan fingerprint density at radius 1 is 1.32 bits per heavy atom. The van der Waals surface area contributed by atoms with Gasteiger partial charge in [-0.1, -0.05) is 12.1 Å². The number of nitrogens with zero attached hydrogens (tertiary/aromatic N) is 1. The molecule has 96 valence electrons. The molecule has 3 aromatic rings. The van der Waals surface area contributed by atoms with E-state index in [0.29, 0.717) is 17.0 Å². The summed E-state index contributed by atoms with van der Waals surface area (Å²) in [7, 11) is 1.60. The molecule has 5 heteroatoms. The van der Waals surface area contributed by atoms with Crippen molar-refractivity contribution < 1.29 is 4.74 Å². The minimum atomic E-state index is -0.116. The number of thiophene rings is 1.